The molecule has 24 heavy (non-hydrogen) atoms. The summed E-state index contributed by atoms with van der Waals surface area (Å²) in [4.78, 5) is 24.3. The maximum atomic E-state index is 12.2. The minimum absolute atomic E-state index is 0.143. The number of anilines is 1. The van der Waals surface area contributed by atoms with Crippen LogP contribution in [0.3, 0.4) is 0 Å². The van der Waals surface area contributed by atoms with Gasteiger partial charge in [-0.3, -0.25) is 9.59 Å². The van der Waals surface area contributed by atoms with Crippen molar-refractivity contribution in [1.29, 1.82) is 0 Å². The zero-order chi connectivity index (χ0) is 17.5. The van der Waals surface area contributed by atoms with E-state index in [-0.39, 0.29) is 11.8 Å². The number of aryl methyl sites for hydroxylation is 1. The Morgan fingerprint density at radius 3 is 2.67 bits per heavy atom. The molecular formula is C17H22N4O2S. The van der Waals surface area contributed by atoms with Crippen molar-refractivity contribution in [2.24, 2.45) is 5.92 Å². The fourth-order valence-electron chi connectivity index (χ4n) is 1.99. The molecule has 0 spiro atoms. The van der Waals surface area contributed by atoms with E-state index < -0.39 is 0 Å². The predicted octanol–water partition coefficient (Wildman–Crippen LogP) is 3.13. The lowest BCUT2D eigenvalue weighted by Crippen LogP contribution is -2.25. The van der Waals surface area contributed by atoms with E-state index in [4.69, 9.17) is 0 Å². The van der Waals surface area contributed by atoms with Crippen molar-refractivity contribution < 1.29 is 9.59 Å². The van der Waals surface area contributed by atoms with Crippen LogP contribution in [0.5, 0.6) is 0 Å². The summed E-state index contributed by atoms with van der Waals surface area (Å²) in [6, 6.07) is 6.86. The first kappa shape index (κ1) is 18.1. The highest BCUT2D eigenvalue weighted by Crippen LogP contribution is 2.15. The van der Waals surface area contributed by atoms with Gasteiger partial charge >= 0.3 is 0 Å². The number of carbonyl (C=O) groups excluding carboxylic acids is 2. The third kappa shape index (κ3) is 5.13. The molecule has 0 bridgehead atoms. The van der Waals surface area contributed by atoms with Crippen LogP contribution >= 0.6 is 11.3 Å². The van der Waals surface area contributed by atoms with Crippen molar-refractivity contribution in [2.45, 2.75) is 33.6 Å². The van der Waals surface area contributed by atoms with Gasteiger partial charge in [0.2, 0.25) is 5.01 Å². The Balaban J connectivity index is 1.99. The zero-order valence-electron chi connectivity index (χ0n) is 14.1. The summed E-state index contributed by atoms with van der Waals surface area (Å²) in [5.41, 5.74) is 1.08. The molecule has 0 fully saturated rings. The Morgan fingerprint density at radius 2 is 2.00 bits per heavy atom. The van der Waals surface area contributed by atoms with Gasteiger partial charge in [0.15, 0.2) is 0 Å². The predicted molar refractivity (Wildman–Crippen MR) is 95.5 cm³/mol. The molecule has 7 heteroatoms. The molecule has 0 atom stereocenters. The molecule has 0 saturated heterocycles. The average Bonchev–Trinajstić information content (AvgIpc) is 3.04. The standard InChI is InChI=1S/C17H22N4O2S/c1-4-14-20-21-17(24-14)16(23)19-13-7-5-6-12(10-13)15(22)18-9-8-11(2)3/h5-7,10-11H,4,8-9H2,1-3H3,(H,18,22)(H,19,23). The molecule has 0 aliphatic carbocycles. The van der Waals surface area contributed by atoms with Crippen LogP contribution in [0.15, 0.2) is 24.3 Å². The molecule has 2 N–H and O–H groups in total. The average molecular weight is 346 g/mol. The van der Waals surface area contributed by atoms with Crippen LogP contribution in [0.4, 0.5) is 5.69 Å². The summed E-state index contributed by atoms with van der Waals surface area (Å²) < 4.78 is 0. The molecule has 1 aromatic heterocycles. The van der Waals surface area contributed by atoms with Gasteiger partial charge in [-0.1, -0.05) is 38.2 Å². The Morgan fingerprint density at radius 1 is 1.21 bits per heavy atom. The SMILES string of the molecule is CCc1nnc(C(=O)Nc2cccc(C(=O)NCCC(C)C)c2)s1. The molecule has 2 rings (SSSR count). The monoisotopic (exact) mass is 346 g/mol. The summed E-state index contributed by atoms with van der Waals surface area (Å²) in [6.07, 6.45) is 1.68. The Labute approximate surface area is 145 Å². The van der Waals surface area contributed by atoms with E-state index in [1.54, 1.807) is 24.3 Å². The Bertz CT molecular complexity index is 712. The van der Waals surface area contributed by atoms with Crippen LogP contribution in [0, 0.1) is 5.92 Å². The molecule has 0 aliphatic heterocycles. The third-order valence-corrected chi connectivity index (χ3v) is 4.42. The molecule has 1 aromatic carbocycles. The topological polar surface area (TPSA) is 84.0 Å². The van der Waals surface area contributed by atoms with Crippen molar-refractivity contribution in [3.8, 4) is 0 Å². The fraction of sp³-hybridized carbons (Fsp3) is 0.412. The maximum absolute atomic E-state index is 12.2. The zero-order valence-corrected chi connectivity index (χ0v) is 14.9. The van der Waals surface area contributed by atoms with E-state index in [1.807, 2.05) is 6.92 Å². The van der Waals surface area contributed by atoms with Gasteiger partial charge in [-0.05, 0) is 37.0 Å². The Kier molecular flexibility index (Phi) is 6.43. The van der Waals surface area contributed by atoms with E-state index >= 15 is 0 Å². The van der Waals surface area contributed by atoms with Crippen molar-refractivity contribution >= 4 is 28.8 Å². The minimum Gasteiger partial charge on any atom is -0.352 e. The van der Waals surface area contributed by atoms with Gasteiger partial charge in [0.25, 0.3) is 11.8 Å². The van der Waals surface area contributed by atoms with Crippen LogP contribution < -0.4 is 10.6 Å². The van der Waals surface area contributed by atoms with Crippen LogP contribution in [0.25, 0.3) is 0 Å². The summed E-state index contributed by atoms with van der Waals surface area (Å²) in [5, 5.41) is 14.6. The number of hydrogen-bond donors (Lipinski definition) is 2. The number of nitrogens with one attached hydrogen (secondary N) is 2. The fourth-order valence-corrected chi connectivity index (χ4v) is 2.66. The number of amides is 2. The summed E-state index contributed by atoms with van der Waals surface area (Å²) in [7, 11) is 0. The van der Waals surface area contributed by atoms with Gasteiger partial charge in [-0.15, -0.1) is 10.2 Å². The molecule has 2 amide bonds. The number of carbonyl (C=O) groups is 2. The quantitative estimate of drug-likeness (QED) is 0.807. The number of rotatable bonds is 7. The van der Waals surface area contributed by atoms with E-state index in [0.29, 0.717) is 28.7 Å². The third-order valence-electron chi connectivity index (χ3n) is 3.35. The number of nitrogens with zero attached hydrogens (tertiary/aromatic N) is 2. The van der Waals surface area contributed by atoms with Crippen LogP contribution in [0.2, 0.25) is 0 Å². The number of hydrogen-bond acceptors (Lipinski definition) is 5. The molecule has 128 valence electrons. The second-order valence-electron chi connectivity index (χ2n) is 5.83. The van der Waals surface area contributed by atoms with Crippen LogP contribution in [-0.2, 0) is 6.42 Å². The first-order valence-electron chi connectivity index (χ1n) is 8.01. The maximum Gasteiger partial charge on any atom is 0.286 e. The summed E-state index contributed by atoms with van der Waals surface area (Å²) >= 11 is 1.27. The molecule has 2 aromatic rings. The minimum atomic E-state index is -0.315. The summed E-state index contributed by atoms with van der Waals surface area (Å²) in [5.74, 6) is 0.0799. The first-order chi connectivity index (χ1) is 11.5. The van der Waals surface area contributed by atoms with Gasteiger partial charge in [0.05, 0.1) is 0 Å². The molecule has 0 aliphatic rings. The van der Waals surface area contributed by atoms with Crippen molar-refractivity contribution in [1.82, 2.24) is 15.5 Å². The van der Waals surface area contributed by atoms with Crippen molar-refractivity contribution in [3.63, 3.8) is 0 Å². The van der Waals surface area contributed by atoms with E-state index in [0.717, 1.165) is 17.8 Å². The van der Waals surface area contributed by atoms with Gasteiger partial charge in [-0.2, -0.15) is 0 Å². The largest absolute Gasteiger partial charge is 0.352 e. The number of aromatic nitrogens is 2. The van der Waals surface area contributed by atoms with Crippen LogP contribution in [-0.4, -0.2) is 28.6 Å². The molecule has 0 saturated carbocycles. The lowest BCUT2D eigenvalue weighted by Gasteiger charge is -2.08. The van der Waals surface area contributed by atoms with Gasteiger partial charge < -0.3 is 10.6 Å². The highest BCUT2D eigenvalue weighted by atomic mass is 32.1. The van der Waals surface area contributed by atoms with E-state index in [9.17, 15) is 9.59 Å². The normalized spacial score (nSPS) is 10.7. The summed E-state index contributed by atoms with van der Waals surface area (Å²) in [6.45, 7) is 6.82. The highest BCUT2D eigenvalue weighted by molar-refractivity contribution is 7.13. The Hall–Kier alpha value is -2.28. The smallest absolute Gasteiger partial charge is 0.286 e. The highest BCUT2D eigenvalue weighted by Gasteiger charge is 2.13. The molecule has 0 unspecified atom stereocenters. The molecular weight excluding hydrogens is 324 g/mol. The lowest BCUT2D eigenvalue weighted by molar-refractivity contribution is 0.0950. The number of benzene rings is 1. The van der Waals surface area contributed by atoms with Gasteiger partial charge in [0, 0.05) is 17.8 Å². The lowest BCUT2D eigenvalue weighted by atomic mass is 10.1. The molecule has 1 heterocycles. The van der Waals surface area contributed by atoms with Crippen molar-refractivity contribution in [3.05, 3.63) is 39.8 Å². The van der Waals surface area contributed by atoms with Gasteiger partial charge in [0.1, 0.15) is 5.01 Å². The second-order valence-corrected chi connectivity index (χ2v) is 6.89. The first-order valence-corrected chi connectivity index (χ1v) is 8.83. The van der Waals surface area contributed by atoms with Gasteiger partial charge in [-0.25, -0.2) is 0 Å². The van der Waals surface area contributed by atoms with Crippen LogP contribution in [0.1, 0.15) is 52.4 Å². The second kappa shape index (κ2) is 8.54. The molecule has 6 nitrogen and oxygen atoms in total. The van der Waals surface area contributed by atoms with E-state index in [2.05, 4.69) is 34.7 Å². The van der Waals surface area contributed by atoms with E-state index in [1.165, 1.54) is 11.3 Å². The van der Waals surface area contributed by atoms with Crippen molar-refractivity contribution in [2.75, 3.05) is 11.9 Å². The molecule has 0 radical (unpaired) electrons.